The van der Waals surface area contributed by atoms with E-state index in [2.05, 4.69) is 27.6 Å². The molecule has 0 spiro atoms. The van der Waals surface area contributed by atoms with E-state index in [0.717, 1.165) is 36.5 Å². The van der Waals surface area contributed by atoms with Crippen molar-refractivity contribution in [3.63, 3.8) is 0 Å². The van der Waals surface area contributed by atoms with Crippen LogP contribution in [0.2, 0.25) is 0 Å². The average molecular weight is 382 g/mol. The van der Waals surface area contributed by atoms with Gasteiger partial charge in [-0.25, -0.2) is 9.67 Å². The maximum Gasteiger partial charge on any atom is 0.291 e. The van der Waals surface area contributed by atoms with Crippen LogP contribution < -0.4 is 10.6 Å². The van der Waals surface area contributed by atoms with Crippen LogP contribution in [0.25, 0.3) is 16.4 Å². The number of thiophene rings is 1. The van der Waals surface area contributed by atoms with Gasteiger partial charge in [0.05, 0.1) is 10.6 Å². The van der Waals surface area contributed by atoms with Gasteiger partial charge < -0.3 is 10.6 Å². The Hall–Kier alpha value is -2.51. The van der Waals surface area contributed by atoms with Crippen LogP contribution in [0.4, 0.5) is 0 Å². The van der Waals surface area contributed by atoms with Gasteiger partial charge in [0.2, 0.25) is 5.82 Å². The number of hydrogen-bond acceptors (Lipinski definition) is 5. The molecule has 1 aromatic carbocycles. The topological polar surface area (TPSA) is 71.8 Å². The van der Waals surface area contributed by atoms with Crippen molar-refractivity contribution in [3.05, 3.63) is 53.7 Å². The van der Waals surface area contributed by atoms with Crippen molar-refractivity contribution in [1.29, 1.82) is 0 Å². The van der Waals surface area contributed by atoms with Crippen LogP contribution in [-0.4, -0.2) is 40.3 Å². The molecule has 0 unspecified atom stereocenters. The van der Waals surface area contributed by atoms with Crippen molar-refractivity contribution in [2.75, 3.05) is 19.6 Å². The highest BCUT2D eigenvalue weighted by Crippen LogP contribution is 2.27. The van der Waals surface area contributed by atoms with Gasteiger partial charge in [0.25, 0.3) is 5.91 Å². The third-order valence-electron chi connectivity index (χ3n) is 5.04. The van der Waals surface area contributed by atoms with Gasteiger partial charge in [-0.3, -0.25) is 4.79 Å². The number of hydrogen-bond donors (Lipinski definition) is 2. The molecule has 3 heterocycles. The minimum atomic E-state index is -0.220. The van der Waals surface area contributed by atoms with Crippen molar-refractivity contribution in [2.24, 2.45) is 5.41 Å². The molecule has 2 aromatic heterocycles. The zero-order valence-corrected chi connectivity index (χ0v) is 16.1. The highest BCUT2D eigenvalue weighted by molar-refractivity contribution is 7.13. The number of benzene rings is 1. The number of aromatic nitrogens is 3. The Morgan fingerprint density at radius 1 is 1.22 bits per heavy atom. The molecule has 1 amide bonds. The van der Waals surface area contributed by atoms with E-state index < -0.39 is 0 Å². The molecular formula is C20H23N5OS. The molecule has 0 atom stereocenters. The van der Waals surface area contributed by atoms with Crippen LogP contribution >= 0.6 is 11.3 Å². The van der Waals surface area contributed by atoms with Crippen LogP contribution in [0, 0.1) is 5.41 Å². The summed E-state index contributed by atoms with van der Waals surface area (Å²) in [5.41, 5.74) is 1.01. The predicted octanol–water partition coefficient (Wildman–Crippen LogP) is 3.12. The maximum absolute atomic E-state index is 12.7. The summed E-state index contributed by atoms with van der Waals surface area (Å²) in [6.07, 6.45) is 2.11. The van der Waals surface area contributed by atoms with Gasteiger partial charge in [0, 0.05) is 6.54 Å². The first-order valence-electron chi connectivity index (χ1n) is 9.20. The van der Waals surface area contributed by atoms with E-state index in [1.54, 1.807) is 16.0 Å². The fourth-order valence-corrected chi connectivity index (χ4v) is 4.00. The molecule has 3 aromatic rings. The third-order valence-corrected chi connectivity index (χ3v) is 5.90. The van der Waals surface area contributed by atoms with Crippen molar-refractivity contribution >= 4 is 17.2 Å². The fraction of sp³-hybridized carbons (Fsp3) is 0.350. The molecule has 1 saturated heterocycles. The lowest BCUT2D eigenvalue weighted by Crippen LogP contribution is -2.43. The Balaban J connectivity index is 1.58. The molecule has 2 N–H and O–H groups in total. The standard InChI is InChI=1S/C20H23N5OS/c1-20(9-11-21-12-10-20)14-22-19(26)17-23-18(16-8-5-13-27-16)25(24-17)15-6-3-2-4-7-15/h2-8,13,21H,9-12,14H2,1H3,(H,22,26). The van der Waals surface area contributed by atoms with Crippen molar-refractivity contribution in [3.8, 4) is 16.4 Å². The number of carbonyl (C=O) groups excluding carboxylic acids is 1. The SMILES string of the molecule is CC1(CNC(=O)c2nc(-c3cccs3)n(-c3ccccc3)n2)CCNCC1. The first-order valence-corrected chi connectivity index (χ1v) is 10.1. The maximum atomic E-state index is 12.7. The van der Waals surface area contributed by atoms with Gasteiger partial charge in [-0.2, -0.15) is 0 Å². The second-order valence-electron chi connectivity index (χ2n) is 7.23. The van der Waals surface area contributed by atoms with E-state index in [-0.39, 0.29) is 17.1 Å². The lowest BCUT2D eigenvalue weighted by atomic mass is 9.81. The smallest absolute Gasteiger partial charge is 0.291 e. The van der Waals surface area contributed by atoms with Gasteiger partial charge in [-0.15, -0.1) is 16.4 Å². The van der Waals surface area contributed by atoms with E-state index in [1.807, 2.05) is 47.8 Å². The van der Waals surface area contributed by atoms with Crippen LogP contribution in [-0.2, 0) is 0 Å². The molecule has 4 rings (SSSR count). The zero-order chi connectivity index (χ0) is 18.7. The molecule has 1 aliphatic rings. The lowest BCUT2D eigenvalue weighted by Gasteiger charge is -2.33. The second-order valence-corrected chi connectivity index (χ2v) is 8.17. The highest BCUT2D eigenvalue weighted by Gasteiger charge is 2.28. The van der Waals surface area contributed by atoms with Crippen LogP contribution in [0.1, 0.15) is 30.4 Å². The number of rotatable bonds is 5. The summed E-state index contributed by atoms with van der Waals surface area (Å²) in [4.78, 5) is 18.3. The molecule has 140 valence electrons. The van der Waals surface area contributed by atoms with Crippen molar-refractivity contribution < 1.29 is 4.79 Å². The summed E-state index contributed by atoms with van der Waals surface area (Å²) in [5, 5.41) is 12.9. The van der Waals surface area contributed by atoms with Crippen molar-refractivity contribution in [1.82, 2.24) is 25.4 Å². The number of piperidine rings is 1. The first-order chi connectivity index (χ1) is 13.1. The molecule has 27 heavy (non-hydrogen) atoms. The Morgan fingerprint density at radius 2 is 2.00 bits per heavy atom. The summed E-state index contributed by atoms with van der Waals surface area (Å²) < 4.78 is 1.74. The van der Waals surface area contributed by atoms with E-state index >= 15 is 0 Å². The van der Waals surface area contributed by atoms with Gasteiger partial charge in [0.1, 0.15) is 0 Å². The molecule has 7 heteroatoms. The first kappa shape index (κ1) is 17.9. The monoisotopic (exact) mass is 381 g/mol. The molecule has 1 fully saturated rings. The van der Waals surface area contributed by atoms with E-state index in [1.165, 1.54) is 0 Å². The summed E-state index contributed by atoms with van der Waals surface area (Å²) in [5.74, 6) is 0.677. The summed E-state index contributed by atoms with van der Waals surface area (Å²) in [7, 11) is 0. The van der Waals surface area contributed by atoms with Crippen LogP contribution in [0.15, 0.2) is 47.8 Å². The number of carbonyl (C=O) groups is 1. The fourth-order valence-electron chi connectivity index (χ4n) is 3.30. The Kier molecular flexibility index (Phi) is 5.05. The van der Waals surface area contributed by atoms with Gasteiger partial charge in [0.15, 0.2) is 5.82 Å². The summed E-state index contributed by atoms with van der Waals surface area (Å²) in [6, 6.07) is 13.7. The van der Waals surface area contributed by atoms with E-state index in [0.29, 0.717) is 12.4 Å². The lowest BCUT2D eigenvalue weighted by molar-refractivity contribution is 0.0912. The summed E-state index contributed by atoms with van der Waals surface area (Å²) >= 11 is 1.58. The van der Waals surface area contributed by atoms with Gasteiger partial charge >= 0.3 is 0 Å². The van der Waals surface area contributed by atoms with Crippen LogP contribution in [0.3, 0.4) is 0 Å². The molecule has 0 aliphatic carbocycles. The molecule has 0 radical (unpaired) electrons. The highest BCUT2D eigenvalue weighted by atomic mass is 32.1. The van der Waals surface area contributed by atoms with Gasteiger partial charge in [-0.1, -0.05) is 31.2 Å². The molecule has 0 saturated carbocycles. The number of nitrogens with one attached hydrogen (secondary N) is 2. The molecular weight excluding hydrogens is 358 g/mol. The summed E-state index contributed by atoms with van der Waals surface area (Å²) in [6.45, 7) is 4.86. The second kappa shape index (κ2) is 7.62. The zero-order valence-electron chi connectivity index (χ0n) is 15.3. The molecule has 1 aliphatic heterocycles. The number of nitrogens with zero attached hydrogens (tertiary/aromatic N) is 3. The largest absolute Gasteiger partial charge is 0.349 e. The number of para-hydroxylation sites is 1. The Labute approximate surface area is 162 Å². The van der Waals surface area contributed by atoms with E-state index in [9.17, 15) is 4.79 Å². The van der Waals surface area contributed by atoms with Crippen LogP contribution in [0.5, 0.6) is 0 Å². The minimum Gasteiger partial charge on any atom is -0.349 e. The van der Waals surface area contributed by atoms with E-state index in [4.69, 9.17) is 0 Å². The Bertz CT molecular complexity index is 898. The quantitative estimate of drug-likeness (QED) is 0.712. The number of amides is 1. The van der Waals surface area contributed by atoms with Gasteiger partial charge in [-0.05, 0) is 54.9 Å². The molecule has 0 bridgehead atoms. The minimum absolute atomic E-state index is 0.124. The van der Waals surface area contributed by atoms with Crippen molar-refractivity contribution in [2.45, 2.75) is 19.8 Å². The predicted molar refractivity (Wildman–Crippen MR) is 107 cm³/mol. The Morgan fingerprint density at radius 3 is 2.70 bits per heavy atom. The third kappa shape index (κ3) is 3.94. The average Bonchev–Trinajstić information content (AvgIpc) is 3.37. The normalized spacial score (nSPS) is 16.2. The molecule has 6 nitrogen and oxygen atoms in total.